The lowest BCUT2D eigenvalue weighted by Gasteiger charge is -2.31. The summed E-state index contributed by atoms with van der Waals surface area (Å²) in [5.41, 5.74) is 0. The fraction of sp³-hybridized carbons (Fsp3) is 0.667. The minimum absolute atomic E-state index is 0.0678. The Balaban J connectivity index is 1.50. The topological polar surface area (TPSA) is 92.7 Å². The third-order valence-corrected chi connectivity index (χ3v) is 5.87. The van der Waals surface area contributed by atoms with Gasteiger partial charge in [0.15, 0.2) is 0 Å². The predicted octanol–water partition coefficient (Wildman–Crippen LogP) is 0.128. The summed E-state index contributed by atoms with van der Waals surface area (Å²) in [5.74, 6) is 0.477. The number of aromatic nitrogens is 2. The lowest BCUT2D eigenvalue weighted by atomic mass is 9.97. The van der Waals surface area contributed by atoms with Gasteiger partial charge in [-0.3, -0.25) is 4.79 Å². The van der Waals surface area contributed by atoms with E-state index in [4.69, 9.17) is 4.74 Å². The Bertz CT molecular complexity index is 674. The monoisotopic (exact) mass is 354 g/mol. The van der Waals surface area contributed by atoms with Crippen molar-refractivity contribution in [3.63, 3.8) is 0 Å². The van der Waals surface area contributed by atoms with E-state index >= 15 is 0 Å². The van der Waals surface area contributed by atoms with Gasteiger partial charge in [-0.25, -0.2) is 12.7 Å². The van der Waals surface area contributed by atoms with Gasteiger partial charge in [-0.05, 0) is 18.9 Å². The number of hydrogen-bond acceptors (Lipinski definition) is 6. The molecule has 24 heavy (non-hydrogen) atoms. The lowest BCUT2D eigenvalue weighted by Crippen LogP contribution is -2.43. The molecular weight excluding hydrogens is 332 g/mol. The second kappa shape index (κ2) is 7.02. The lowest BCUT2D eigenvalue weighted by molar-refractivity contribution is -0.135. The van der Waals surface area contributed by atoms with Gasteiger partial charge in [0.1, 0.15) is 6.10 Å². The number of sulfonamides is 1. The molecule has 2 aliphatic heterocycles. The fourth-order valence-corrected chi connectivity index (χ4v) is 4.11. The highest BCUT2D eigenvalue weighted by atomic mass is 32.2. The summed E-state index contributed by atoms with van der Waals surface area (Å²) in [6.45, 7) is 2.04. The molecule has 2 fully saturated rings. The summed E-state index contributed by atoms with van der Waals surface area (Å²) in [7, 11) is -3.16. The molecule has 132 valence electrons. The van der Waals surface area contributed by atoms with Crippen molar-refractivity contribution in [2.75, 3.05) is 32.4 Å². The number of carbonyl (C=O) groups is 1. The van der Waals surface area contributed by atoms with Crippen LogP contribution in [0.2, 0.25) is 0 Å². The molecule has 8 nitrogen and oxygen atoms in total. The molecule has 3 heterocycles. The molecule has 1 aromatic heterocycles. The van der Waals surface area contributed by atoms with Crippen molar-refractivity contribution in [1.82, 2.24) is 19.4 Å². The van der Waals surface area contributed by atoms with Crippen molar-refractivity contribution < 1.29 is 17.9 Å². The van der Waals surface area contributed by atoms with Crippen LogP contribution in [0.1, 0.15) is 19.3 Å². The molecular formula is C15H22N4O4S. The van der Waals surface area contributed by atoms with E-state index in [9.17, 15) is 13.2 Å². The zero-order valence-corrected chi connectivity index (χ0v) is 14.5. The smallest absolute Gasteiger partial charge is 0.233 e. The van der Waals surface area contributed by atoms with Gasteiger partial charge in [-0.15, -0.1) is 5.10 Å². The van der Waals surface area contributed by atoms with Crippen molar-refractivity contribution >= 4 is 15.9 Å². The SMILES string of the molecule is CS(=O)(=O)N1CCC(C(=O)N2CC[C@@H](Oc3cccnn3)C2)CC1. The van der Waals surface area contributed by atoms with Crippen LogP contribution in [0.3, 0.4) is 0 Å². The quantitative estimate of drug-likeness (QED) is 0.763. The minimum Gasteiger partial charge on any atom is -0.471 e. The Morgan fingerprint density at radius 1 is 1.25 bits per heavy atom. The zero-order valence-electron chi connectivity index (χ0n) is 13.7. The summed E-state index contributed by atoms with van der Waals surface area (Å²) in [5, 5.41) is 7.67. The molecule has 0 bridgehead atoms. The third-order valence-electron chi connectivity index (χ3n) is 4.56. The summed E-state index contributed by atoms with van der Waals surface area (Å²) in [6.07, 6.45) is 4.66. The third kappa shape index (κ3) is 4.02. The van der Waals surface area contributed by atoms with Crippen LogP contribution in [0.5, 0.6) is 5.88 Å². The molecule has 0 N–H and O–H groups in total. The van der Waals surface area contributed by atoms with Crippen molar-refractivity contribution in [1.29, 1.82) is 0 Å². The van der Waals surface area contributed by atoms with Crippen molar-refractivity contribution in [2.45, 2.75) is 25.4 Å². The van der Waals surface area contributed by atoms with Crippen LogP contribution in [0.25, 0.3) is 0 Å². The molecule has 1 amide bonds. The Hall–Kier alpha value is -1.74. The second-order valence-electron chi connectivity index (χ2n) is 6.31. The van der Waals surface area contributed by atoms with E-state index in [1.54, 1.807) is 18.3 Å². The second-order valence-corrected chi connectivity index (χ2v) is 8.29. The van der Waals surface area contributed by atoms with Crippen molar-refractivity contribution in [3.05, 3.63) is 18.3 Å². The molecule has 0 saturated carbocycles. The van der Waals surface area contributed by atoms with E-state index in [2.05, 4.69) is 10.2 Å². The zero-order chi connectivity index (χ0) is 17.2. The number of amides is 1. The average Bonchev–Trinajstić information content (AvgIpc) is 3.03. The first-order valence-corrected chi connectivity index (χ1v) is 9.96. The minimum atomic E-state index is -3.16. The normalized spacial score (nSPS) is 23.4. The first-order chi connectivity index (χ1) is 11.4. The molecule has 0 unspecified atom stereocenters. The highest BCUT2D eigenvalue weighted by Crippen LogP contribution is 2.24. The van der Waals surface area contributed by atoms with Crippen LogP contribution >= 0.6 is 0 Å². The number of nitrogens with zero attached hydrogens (tertiary/aromatic N) is 4. The standard InChI is InChI=1S/C15H22N4O4S/c1-24(21,22)19-9-4-12(5-10-19)15(20)18-8-6-13(11-18)23-14-3-2-7-16-17-14/h2-3,7,12-13H,4-6,8-11H2,1H3/t13-/m1/s1. The highest BCUT2D eigenvalue weighted by Gasteiger charge is 2.35. The summed E-state index contributed by atoms with van der Waals surface area (Å²) in [4.78, 5) is 14.5. The van der Waals surface area contributed by atoms with Crippen LogP contribution in [0.4, 0.5) is 0 Å². The van der Waals surface area contributed by atoms with E-state index in [1.807, 2.05) is 4.90 Å². The van der Waals surface area contributed by atoms with Gasteiger partial charge in [0.25, 0.3) is 0 Å². The average molecular weight is 354 g/mol. The molecule has 3 rings (SSSR count). The van der Waals surface area contributed by atoms with Gasteiger partial charge in [0.2, 0.25) is 21.8 Å². The first kappa shape index (κ1) is 17.1. The van der Waals surface area contributed by atoms with Crippen LogP contribution in [-0.4, -0.2) is 72.3 Å². The van der Waals surface area contributed by atoms with E-state index in [-0.39, 0.29) is 17.9 Å². The predicted molar refractivity (Wildman–Crippen MR) is 86.8 cm³/mol. The Kier molecular flexibility index (Phi) is 5.00. The molecule has 0 spiro atoms. The molecule has 2 saturated heterocycles. The van der Waals surface area contributed by atoms with Gasteiger partial charge in [-0.1, -0.05) is 0 Å². The van der Waals surface area contributed by atoms with E-state index in [0.717, 1.165) is 6.42 Å². The van der Waals surface area contributed by atoms with E-state index in [1.165, 1.54) is 10.6 Å². The molecule has 0 aliphatic carbocycles. The summed E-state index contributed by atoms with van der Waals surface area (Å²) >= 11 is 0. The highest BCUT2D eigenvalue weighted by molar-refractivity contribution is 7.88. The number of rotatable bonds is 4. The molecule has 9 heteroatoms. The maximum Gasteiger partial charge on any atom is 0.233 e. The number of piperidine rings is 1. The molecule has 0 radical (unpaired) electrons. The molecule has 1 aromatic rings. The van der Waals surface area contributed by atoms with Crippen LogP contribution in [0.15, 0.2) is 18.3 Å². The van der Waals surface area contributed by atoms with Gasteiger partial charge in [0.05, 0.1) is 12.8 Å². The molecule has 2 aliphatic rings. The molecule has 0 aromatic carbocycles. The summed E-state index contributed by atoms with van der Waals surface area (Å²) in [6, 6.07) is 3.51. The van der Waals surface area contributed by atoms with E-state index < -0.39 is 10.0 Å². The number of ether oxygens (including phenoxy) is 1. The van der Waals surface area contributed by atoms with Crippen LogP contribution < -0.4 is 4.74 Å². The molecule has 1 atom stereocenters. The maximum absolute atomic E-state index is 12.6. The van der Waals surface area contributed by atoms with Gasteiger partial charge in [-0.2, -0.15) is 5.10 Å². The Morgan fingerprint density at radius 2 is 2.00 bits per heavy atom. The summed E-state index contributed by atoms with van der Waals surface area (Å²) < 4.78 is 30.3. The number of carbonyl (C=O) groups excluding carboxylic acids is 1. The van der Waals surface area contributed by atoms with Gasteiger partial charge in [0, 0.05) is 44.2 Å². The Morgan fingerprint density at radius 3 is 2.62 bits per heavy atom. The number of hydrogen-bond donors (Lipinski definition) is 0. The fourth-order valence-electron chi connectivity index (χ4n) is 3.24. The van der Waals surface area contributed by atoms with Crippen molar-refractivity contribution in [3.8, 4) is 5.88 Å². The Labute approximate surface area is 141 Å². The largest absolute Gasteiger partial charge is 0.471 e. The van der Waals surface area contributed by atoms with E-state index in [0.29, 0.717) is 44.9 Å². The van der Waals surface area contributed by atoms with Gasteiger partial charge < -0.3 is 9.64 Å². The van der Waals surface area contributed by atoms with Crippen molar-refractivity contribution in [2.24, 2.45) is 5.92 Å². The van der Waals surface area contributed by atoms with Gasteiger partial charge >= 0.3 is 0 Å². The maximum atomic E-state index is 12.6. The number of likely N-dealkylation sites (tertiary alicyclic amines) is 1. The first-order valence-electron chi connectivity index (χ1n) is 8.12. The van der Waals surface area contributed by atoms with Crippen LogP contribution in [-0.2, 0) is 14.8 Å². The van der Waals surface area contributed by atoms with Crippen LogP contribution in [0, 0.1) is 5.92 Å².